The van der Waals surface area contributed by atoms with Crippen LogP contribution in [0.5, 0.6) is 0 Å². The molecule has 0 radical (unpaired) electrons. The minimum absolute atomic E-state index is 0.419. The van der Waals surface area contributed by atoms with Crippen LogP contribution in [0.4, 0.5) is 0 Å². The van der Waals surface area contributed by atoms with E-state index in [1.54, 1.807) is 0 Å². The third-order valence-corrected chi connectivity index (χ3v) is 12.3. The molecule has 0 amide bonds. The minimum atomic E-state index is -0.419. The number of benzene rings is 9. The van der Waals surface area contributed by atoms with Gasteiger partial charge in [0.15, 0.2) is 17.5 Å². The zero-order valence-electron chi connectivity index (χ0n) is 32.0. The van der Waals surface area contributed by atoms with Crippen LogP contribution in [0.1, 0.15) is 22.3 Å². The molecular weight excluding hydrogens is 715 g/mol. The molecule has 0 fully saturated rings. The van der Waals surface area contributed by atoms with E-state index in [4.69, 9.17) is 15.0 Å². The average molecular weight is 750 g/mol. The van der Waals surface area contributed by atoms with Gasteiger partial charge in [-0.05, 0) is 89.7 Å². The van der Waals surface area contributed by atoms with Crippen molar-refractivity contribution >= 4 is 10.8 Å². The summed E-state index contributed by atoms with van der Waals surface area (Å²) in [5.74, 6) is 1.93. The Kier molecular flexibility index (Phi) is 7.45. The summed E-state index contributed by atoms with van der Waals surface area (Å²) in [6.07, 6.45) is 0. The Hall–Kier alpha value is -7.75. The Morgan fingerprint density at radius 2 is 0.729 bits per heavy atom. The molecule has 0 saturated carbocycles. The van der Waals surface area contributed by atoms with Crippen LogP contribution in [0.2, 0.25) is 0 Å². The molecule has 1 aromatic heterocycles. The van der Waals surface area contributed by atoms with E-state index in [1.807, 2.05) is 36.4 Å². The van der Waals surface area contributed by atoms with Crippen LogP contribution in [0, 0.1) is 0 Å². The number of hydrogen-bond acceptors (Lipinski definition) is 3. The lowest BCUT2D eigenvalue weighted by molar-refractivity contribution is 0.794. The molecule has 274 valence electrons. The highest BCUT2D eigenvalue weighted by Gasteiger charge is 2.51. The number of fused-ring (bicyclic) bond motifs is 11. The third-order valence-electron chi connectivity index (χ3n) is 12.3. The molecule has 1 heterocycles. The van der Waals surface area contributed by atoms with Gasteiger partial charge in [-0.15, -0.1) is 0 Å². The second kappa shape index (κ2) is 13.2. The SMILES string of the molecule is c1ccc(-c2nc(-c3ccccc3)nc(-c3cccc(-c4c(-c5ccc6c(c5)C5(c7ccccc7-c7ccccc75)c5ccccc5-6)ccc5ccccc45)c3)n2)cc1. The predicted octanol–water partition coefficient (Wildman–Crippen LogP) is 13.7. The van der Waals surface area contributed by atoms with Crippen LogP contribution in [-0.4, -0.2) is 15.0 Å². The first-order valence-electron chi connectivity index (χ1n) is 20.2. The summed E-state index contributed by atoms with van der Waals surface area (Å²) < 4.78 is 0. The highest BCUT2D eigenvalue weighted by molar-refractivity contribution is 6.05. The fourth-order valence-corrected chi connectivity index (χ4v) is 9.84. The molecule has 3 nitrogen and oxygen atoms in total. The van der Waals surface area contributed by atoms with Crippen molar-refractivity contribution in [2.75, 3.05) is 0 Å². The van der Waals surface area contributed by atoms with Gasteiger partial charge in [0, 0.05) is 16.7 Å². The third kappa shape index (κ3) is 5.05. The fraction of sp³-hybridized carbons (Fsp3) is 0.0179. The molecular formula is C56H35N3. The summed E-state index contributed by atoms with van der Waals surface area (Å²) in [5, 5.41) is 2.39. The minimum Gasteiger partial charge on any atom is -0.208 e. The van der Waals surface area contributed by atoms with E-state index in [2.05, 4.69) is 176 Å². The van der Waals surface area contributed by atoms with Crippen molar-refractivity contribution in [2.24, 2.45) is 0 Å². The summed E-state index contributed by atoms with van der Waals surface area (Å²) in [6.45, 7) is 0. The average Bonchev–Trinajstić information content (AvgIpc) is 3.79. The molecule has 0 bridgehead atoms. The molecule has 3 heteroatoms. The largest absolute Gasteiger partial charge is 0.208 e. The number of hydrogen-bond donors (Lipinski definition) is 0. The summed E-state index contributed by atoms with van der Waals surface area (Å²) in [6, 6.07) is 76.5. The number of rotatable bonds is 5. The maximum atomic E-state index is 5.09. The number of aromatic nitrogens is 3. The van der Waals surface area contributed by atoms with Gasteiger partial charge in [-0.2, -0.15) is 0 Å². The van der Waals surface area contributed by atoms with E-state index in [1.165, 1.54) is 72.0 Å². The van der Waals surface area contributed by atoms with Gasteiger partial charge in [-0.1, -0.05) is 200 Å². The lowest BCUT2D eigenvalue weighted by Crippen LogP contribution is -2.25. The standard InChI is InChI=1S/C56H35N3/c1-3-17-37(18-4-1)53-57-54(38-19-5-2-6-20-38)59-55(58-53)41-22-15-21-40(34-41)52-42-23-8-7-16-36(42)30-32-43(52)39-31-33-47-46-26-11-14-29-50(46)56(51(47)35-39)48-27-12-9-24-44(48)45-25-10-13-28-49(45)56/h1-35H. The summed E-state index contributed by atoms with van der Waals surface area (Å²) >= 11 is 0. The van der Waals surface area contributed by atoms with Gasteiger partial charge in [-0.3, -0.25) is 0 Å². The molecule has 10 aromatic rings. The van der Waals surface area contributed by atoms with Crippen LogP contribution >= 0.6 is 0 Å². The zero-order valence-corrected chi connectivity index (χ0v) is 32.0. The summed E-state index contributed by atoms with van der Waals surface area (Å²) in [5.41, 5.74) is 17.6. The molecule has 2 aliphatic rings. The molecule has 0 aliphatic heterocycles. The Morgan fingerprint density at radius 1 is 0.271 bits per heavy atom. The maximum absolute atomic E-state index is 5.09. The first-order chi connectivity index (χ1) is 29.3. The van der Waals surface area contributed by atoms with E-state index in [0.717, 1.165) is 22.3 Å². The second-order valence-electron chi connectivity index (χ2n) is 15.5. The molecule has 0 atom stereocenters. The van der Waals surface area contributed by atoms with Gasteiger partial charge in [0.2, 0.25) is 0 Å². The van der Waals surface area contributed by atoms with E-state index < -0.39 is 5.41 Å². The summed E-state index contributed by atoms with van der Waals surface area (Å²) in [7, 11) is 0. The first kappa shape index (κ1) is 33.4. The topological polar surface area (TPSA) is 38.7 Å². The lowest BCUT2D eigenvalue weighted by Gasteiger charge is -2.30. The quantitative estimate of drug-likeness (QED) is 0.176. The molecule has 59 heavy (non-hydrogen) atoms. The zero-order chi connectivity index (χ0) is 38.9. The molecule has 9 aromatic carbocycles. The molecule has 0 N–H and O–H groups in total. The first-order valence-corrected chi connectivity index (χ1v) is 20.2. The van der Waals surface area contributed by atoms with Gasteiger partial charge < -0.3 is 0 Å². The summed E-state index contributed by atoms with van der Waals surface area (Å²) in [4.78, 5) is 15.1. The van der Waals surface area contributed by atoms with E-state index in [-0.39, 0.29) is 0 Å². The maximum Gasteiger partial charge on any atom is 0.164 e. The molecule has 0 unspecified atom stereocenters. The highest BCUT2D eigenvalue weighted by Crippen LogP contribution is 2.63. The smallest absolute Gasteiger partial charge is 0.164 e. The van der Waals surface area contributed by atoms with E-state index >= 15 is 0 Å². The number of nitrogens with zero attached hydrogens (tertiary/aromatic N) is 3. The normalized spacial score (nSPS) is 12.9. The van der Waals surface area contributed by atoms with E-state index in [0.29, 0.717) is 17.5 Å². The Bertz CT molecular complexity index is 3160. The molecule has 1 spiro atoms. The Balaban J connectivity index is 1.07. The van der Waals surface area contributed by atoms with Crippen molar-refractivity contribution in [1.82, 2.24) is 15.0 Å². The van der Waals surface area contributed by atoms with Gasteiger partial charge in [0.05, 0.1) is 5.41 Å². The van der Waals surface area contributed by atoms with Crippen molar-refractivity contribution in [3.63, 3.8) is 0 Å². The van der Waals surface area contributed by atoms with Crippen molar-refractivity contribution in [3.05, 3.63) is 235 Å². The fourth-order valence-electron chi connectivity index (χ4n) is 9.84. The monoisotopic (exact) mass is 749 g/mol. The van der Waals surface area contributed by atoms with Crippen molar-refractivity contribution in [3.8, 4) is 78.7 Å². The van der Waals surface area contributed by atoms with Gasteiger partial charge in [0.1, 0.15) is 0 Å². The van der Waals surface area contributed by atoms with Crippen LogP contribution < -0.4 is 0 Å². The van der Waals surface area contributed by atoms with Gasteiger partial charge in [-0.25, -0.2) is 15.0 Å². The van der Waals surface area contributed by atoms with Gasteiger partial charge >= 0.3 is 0 Å². The van der Waals surface area contributed by atoms with Crippen LogP contribution in [0.25, 0.3) is 89.4 Å². The van der Waals surface area contributed by atoms with Crippen molar-refractivity contribution < 1.29 is 0 Å². The lowest BCUT2D eigenvalue weighted by atomic mass is 9.70. The van der Waals surface area contributed by atoms with E-state index in [9.17, 15) is 0 Å². The molecule has 12 rings (SSSR count). The van der Waals surface area contributed by atoms with Crippen LogP contribution in [0.15, 0.2) is 212 Å². The van der Waals surface area contributed by atoms with Crippen molar-refractivity contribution in [1.29, 1.82) is 0 Å². The highest BCUT2D eigenvalue weighted by atomic mass is 15.0. The van der Waals surface area contributed by atoms with Crippen LogP contribution in [0.3, 0.4) is 0 Å². The Labute approximate surface area is 343 Å². The van der Waals surface area contributed by atoms with Crippen molar-refractivity contribution in [2.45, 2.75) is 5.41 Å². The molecule has 0 saturated heterocycles. The van der Waals surface area contributed by atoms with Crippen LogP contribution in [-0.2, 0) is 5.41 Å². The van der Waals surface area contributed by atoms with Gasteiger partial charge in [0.25, 0.3) is 0 Å². The second-order valence-corrected chi connectivity index (χ2v) is 15.5. The molecule has 2 aliphatic carbocycles. The Morgan fingerprint density at radius 3 is 1.34 bits per heavy atom. The predicted molar refractivity (Wildman–Crippen MR) is 241 cm³/mol.